The molecule has 1 aromatic heterocycles. The highest BCUT2D eigenvalue weighted by Crippen LogP contribution is 2.10. The van der Waals surface area contributed by atoms with Crippen LogP contribution in [0.5, 0.6) is 5.75 Å². The van der Waals surface area contributed by atoms with Crippen LogP contribution in [-0.2, 0) is 17.6 Å². The van der Waals surface area contributed by atoms with E-state index in [1.807, 2.05) is 0 Å². The first-order valence-electron chi connectivity index (χ1n) is 6.65. The normalized spacial score (nSPS) is 12.1. The van der Waals surface area contributed by atoms with Gasteiger partial charge in [0.2, 0.25) is 11.8 Å². The summed E-state index contributed by atoms with van der Waals surface area (Å²) in [4.78, 5) is 15.9. The Kier molecular flexibility index (Phi) is 4.89. The average Bonchev–Trinajstić information content (AvgIpc) is 2.87. The predicted octanol–water partition coefficient (Wildman–Crippen LogP) is 0.312. The van der Waals surface area contributed by atoms with Gasteiger partial charge in [-0.15, -0.1) is 0 Å². The molecule has 2 aromatic rings. The van der Waals surface area contributed by atoms with Crippen LogP contribution in [0.4, 0.5) is 0 Å². The summed E-state index contributed by atoms with van der Waals surface area (Å²) in [6.45, 7) is 2.11. The van der Waals surface area contributed by atoms with E-state index in [4.69, 9.17) is 10.3 Å². The van der Waals surface area contributed by atoms with Crippen LogP contribution in [0.3, 0.4) is 0 Å². The zero-order valence-corrected chi connectivity index (χ0v) is 11.7. The number of phenolic OH excluding ortho intramolecular Hbond substituents is 1. The van der Waals surface area contributed by atoms with Gasteiger partial charge in [0, 0.05) is 19.9 Å². The van der Waals surface area contributed by atoms with Crippen molar-refractivity contribution >= 4 is 5.91 Å². The molecule has 112 valence electrons. The Bertz CT molecular complexity index is 595. The molecular weight excluding hydrogens is 272 g/mol. The standard InChI is InChI=1S/C14H18N4O3/c1-9-17-13(18-21-9)6-7-16-14(20)12(15)8-10-2-4-11(19)5-3-10/h2-5,12,19H,6-8,15H2,1H3,(H,16,20)/t12-/m1/s1. The molecule has 7 nitrogen and oxygen atoms in total. The first-order valence-corrected chi connectivity index (χ1v) is 6.65. The molecule has 0 saturated carbocycles. The average molecular weight is 290 g/mol. The van der Waals surface area contributed by atoms with E-state index in [0.29, 0.717) is 31.1 Å². The lowest BCUT2D eigenvalue weighted by atomic mass is 10.1. The van der Waals surface area contributed by atoms with E-state index < -0.39 is 6.04 Å². The molecule has 1 amide bonds. The number of nitrogens with one attached hydrogen (secondary N) is 1. The lowest BCUT2D eigenvalue weighted by Crippen LogP contribution is -2.42. The van der Waals surface area contributed by atoms with E-state index >= 15 is 0 Å². The van der Waals surface area contributed by atoms with E-state index in [0.717, 1.165) is 5.56 Å². The number of carbonyl (C=O) groups is 1. The van der Waals surface area contributed by atoms with E-state index in [1.165, 1.54) is 0 Å². The number of aryl methyl sites for hydroxylation is 1. The number of rotatable bonds is 6. The van der Waals surface area contributed by atoms with Crippen molar-refractivity contribution in [1.29, 1.82) is 0 Å². The fraction of sp³-hybridized carbons (Fsp3) is 0.357. The zero-order chi connectivity index (χ0) is 15.2. The molecule has 7 heteroatoms. The Hall–Kier alpha value is -2.41. The molecule has 0 unspecified atom stereocenters. The second-order valence-electron chi connectivity index (χ2n) is 4.75. The molecule has 0 bridgehead atoms. The molecule has 0 spiro atoms. The SMILES string of the molecule is Cc1nc(CCNC(=O)[C@H](N)Cc2ccc(O)cc2)no1. The van der Waals surface area contributed by atoms with E-state index in [9.17, 15) is 9.90 Å². The first-order chi connectivity index (χ1) is 10.0. The van der Waals surface area contributed by atoms with Gasteiger partial charge in [-0.1, -0.05) is 17.3 Å². The van der Waals surface area contributed by atoms with Gasteiger partial charge >= 0.3 is 0 Å². The number of hydrogen-bond acceptors (Lipinski definition) is 6. The van der Waals surface area contributed by atoms with Crippen molar-refractivity contribution in [2.24, 2.45) is 5.73 Å². The molecule has 0 fully saturated rings. The minimum absolute atomic E-state index is 0.187. The predicted molar refractivity (Wildman–Crippen MR) is 75.5 cm³/mol. The van der Waals surface area contributed by atoms with Gasteiger partial charge < -0.3 is 20.7 Å². The van der Waals surface area contributed by atoms with Crippen molar-refractivity contribution < 1.29 is 14.4 Å². The lowest BCUT2D eigenvalue weighted by molar-refractivity contribution is -0.122. The van der Waals surface area contributed by atoms with Gasteiger partial charge in [-0.3, -0.25) is 4.79 Å². The molecule has 4 N–H and O–H groups in total. The smallest absolute Gasteiger partial charge is 0.237 e. The van der Waals surface area contributed by atoms with Crippen LogP contribution < -0.4 is 11.1 Å². The van der Waals surface area contributed by atoms with Crippen LogP contribution >= 0.6 is 0 Å². The van der Waals surface area contributed by atoms with Crippen molar-refractivity contribution in [2.75, 3.05) is 6.54 Å². The quantitative estimate of drug-likeness (QED) is 0.705. The number of carbonyl (C=O) groups excluding carboxylic acids is 1. The Morgan fingerprint density at radius 3 is 2.76 bits per heavy atom. The summed E-state index contributed by atoms with van der Waals surface area (Å²) in [6, 6.07) is 5.98. The number of aromatic hydroxyl groups is 1. The molecular formula is C14H18N4O3. The highest BCUT2D eigenvalue weighted by molar-refractivity contribution is 5.81. The maximum absolute atomic E-state index is 11.9. The van der Waals surface area contributed by atoms with Gasteiger partial charge in [-0.25, -0.2) is 0 Å². The molecule has 2 rings (SSSR count). The number of nitrogens with zero attached hydrogens (tertiary/aromatic N) is 2. The van der Waals surface area contributed by atoms with E-state index in [1.54, 1.807) is 31.2 Å². The molecule has 0 radical (unpaired) electrons. The lowest BCUT2D eigenvalue weighted by Gasteiger charge is -2.11. The Morgan fingerprint density at radius 1 is 1.43 bits per heavy atom. The second kappa shape index (κ2) is 6.85. The third kappa shape index (κ3) is 4.57. The van der Waals surface area contributed by atoms with Crippen molar-refractivity contribution in [1.82, 2.24) is 15.5 Å². The van der Waals surface area contributed by atoms with Crippen molar-refractivity contribution in [2.45, 2.75) is 25.8 Å². The van der Waals surface area contributed by atoms with Crippen molar-refractivity contribution in [3.05, 3.63) is 41.5 Å². The second-order valence-corrected chi connectivity index (χ2v) is 4.75. The summed E-state index contributed by atoms with van der Waals surface area (Å²) in [5.74, 6) is 1.01. The van der Waals surface area contributed by atoms with E-state index in [2.05, 4.69) is 15.5 Å². The largest absolute Gasteiger partial charge is 0.508 e. The van der Waals surface area contributed by atoms with Gasteiger partial charge in [0.15, 0.2) is 5.82 Å². The number of aromatic nitrogens is 2. The molecule has 1 heterocycles. The van der Waals surface area contributed by atoms with Crippen LogP contribution in [0.2, 0.25) is 0 Å². The summed E-state index contributed by atoms with van der Waals surface area (Å²) in [5, 5.41) is 15.7. The molecule has 1 atom stereocenters. The zero-order valence-electron chi connectivity index (χ0n) is 11.7. The minimum atomic E-state index is -0.637. The number of nitrogens with two attached hydrogens (primary N) is 1. The van der Waals surface area contributed by atoms with Crippen LogP contribution in [0.25, 0.3) is 0 Å². The Labute approximate surface area is 122 Å². The number of amides is 1. The monoisotopic (exact) mass is 290 g/mol. The maximum atomic E-state index is 11.9. The summed E-state index contributed by atoms with van der Waals surface area (Å²) >= 11 is 0. The Balaban J connectivity index is 1.75. The van der Waals surface area contributed by atoms with Crippen LogP contribution in [0.1, 0.15) is 17.3 Å². The third-order valence-electron chi connectivity index (χ3n) is 2.95. The van der Waals surface area contributed by atoms with Gasteiger partial charge in [0.25, 0.3) is 0 Å². The molecule has 21 heavy (non-hydrogen) atoms. The summed E-state index contributed by atoms with van der Waals surface area (Å²) < 4.78 is 4.84. The summed E-state index contributed by atoms with van der Waals surface area (Å²) in [6.07, 6.45) is 0.905. The molecule has 0 aliphatic rings. The minimum Gasteiger partial charge on any atom is -0.508 e. The third-order valence-corrected chi connectivity index (χ3v) is 2.95. The fourth-order valence-corrected chi connectivity index (χ4v) is 1.85. The first kappa shape index (κ1) is 15.0. The number of phenols is 1. The fourth-order valence-electron chi connectivity index (χ4n) is 1.85. The summed E-state index contributed by atoms with van der Waals surface area (Å²) in [7, 11) is 0. The highest BCUT2D eigenvalue weighted by Gasteiger charge is 2.14. The molecule has 0 aliphatic heterocycles. The Morgan fingerprint density at radius 2 is 2.14 bits per heavy atom. The number of hydrogen-bond donors (Lipinski definition) is 3. The van der Waals surface area contributed by atoms with Crippen LogP contribution in [0, 0.1) is 6.92 Å². The van der Waals surface area contributed by atoms with Crippen molar-refractivity contribution in [3.8, 4) is 5.75 Å². The maximum Gasteiger partial charge on any atom is 0.237 e. The van der Waals surface area contributed by atoms with Gasteiger partial charge in [-0.05, 0) is 24.1 Å². The van der Waals surface area contributed by atoms with E-state index in [-0.39, 0.29) is 11.7 Å². The molecule has 0 saturated heterocycles. The van der Waals surface area contributed by atoms with Crippen LogP contribution in [-0.4, -0.2) is 33.7 Å². The summed E-state index contributed by atoms with van der Waals surface area (Å²) in [5.41, 5.74) is 6.74. The molecule has 1 aromatic carbocycles. The number of benzene rings is 1. The van der Waals surface area contributed by atoms with Gasteiger partial charge in [0.1, 0.15) is 5.75 Å². The highest BCUT2D eigenvalue weighted by atomic mass is 16.5. The van der Waals surface area contributed by atoms with Crippen LogP contribution in [0.15, 0.2) is 28.8 Å². The van der Waals surface area contributed by atoms with Crippen molar-refractivity contribution in [3.63, 3.8) is 0 Å². The van der Waals surface area contributed by atoms with Gasteiger partial charge in [-0.2, -0.15) is 4.98 Å². The molecule has 0 aliphatic carbocycles. The topological polar surface area (TPSA) is 114 Å². The van der Waals surface area contributed by atoms with Gasteiger partial charge in [0.05, 0.1) is 6.04 Å².